The van der Waals surface area contributed by atoms with E-state index in [0.29, 0.717) is 18.8 Å². The van der Waals surface area contributed by atoms with E-state index in [-0.39, 0.29) is 23.5 Å². The minimum atomic E-state index is -0.245. The van der Waals surface area contributed by atoms with Crippen molar-refractivity contribution in [3.63, 3.8) is 0 Å². The lowest BCUT2D eigenvalue weighted by Crippen LogP contribution is -2.36. The first kappa shape index (κ1) is 17.7. The lowest BCUT2D eigenvalue weighted by Gasteiger charge is -2.24. The van der Waals surface area contributed by atoms with Crippen molar-refractivity contribution in [2.24, 2.45) is 0 Å². The molecule has 7 nitrogen and oxygen atoms in total. The topological polar surface area (TPSA) is 95.3 Å². The Morgan fingerprint density at radius 3 is 2.96 bits per heavy atom. The minimum Gasteiger partial charge on any atom is -0.369 e. The summed E-state index contributed by atoms with van der Waals surface area (Å²) in [7, 11) is 1.99. The number of likely N-dealkylation sites (tertiary alicyclic amines) is 1. The molecule has 1 aliphatic carbocycles. The summed E-state index contributed by atoms with van der Waals surface area (Å²) in [6.07, 6.45) is 4.30. The molecule has 2 aromatic rings. The fourth-order valence-corrected chi connectivity index (χ4v) is 4.17. The number of nitrogens with two attached hydrogens (primary N) is 1. The maximum Gasteiger partial charge on any atom is 0.253 e. The van der Waals surface area contributed by atoms with Gasteiger partial charge in [-0.05, 0) is 56.0 Å². The lowest BCUT2D eigenvalue weighted by atomic mass is 10.1. The van der Waals surface area contributed by atoms with E-state index in [1.807, 2.05) is 18.0 Å². The molecule has 1 aliphatic heterocycles. The van der Waals surface area contributed by atoms with Crippen LogP contribution in [0.4, 0.5) is 5.95 Å². The van der Waals surface area contributed by atoms with Gasteiger partial charge in [0.05, 0.1) is 5.69 Å². The molecule has 27 heavy (non-hydrogen) atoms. The number of nitrogens with one attached hydrogen (secondary N) is 1. The van der Waals surface area contributed by atoms with Crippen LogP contribution >= 0.6 is 0 Å². The van der Waals surface area contributed by atoms with E-state index in [4.69, 9.17) is 5.73 Å². The maximum atomic E-state index is 12.9. The number of hydrogen-bond acceptors (Lipinski definition) is 5. The Bertz CT molecular complexity index is 923. The number of nitrogen functional groups attached to an aromatic ring is 1. The molecule has 1 aromatic carbocycles. The van der Waals surface area contributed by atoms with E-state index >= 15 is 0 Å². The van der Waals surface area contributed by atoms with E-state index in [1.54, 1.807) is 0 Å². The third-order valence-corrected chi connectivity index (χ3v) is 5.64. The molecule has 0 spiro atoms. The second-order valence-electron chi connectivity index (χ2n) is 7.57. The quantitative estimate of drug-likeness (QED) is 0.846. The first-order chi connectivity index (χ1) is 13.0. The number of amides is 1. The molecule has 1 atom stereocenters. The zero-order valence-electron chi connectivity index (χ0n) is 15.6. The Kier molecular flexibility index (Phi) is 4.70. The van der Waals surface area contributed by atoms with Crippen molar-refractivity contribution < 1.29 is 4.79 Å². The molecule has 0 saturated carbocycles. The number of anilines is 1. The van der Waals surface area contributed by atoms with E-state index < -0.39 is 0 Å². The Hall–Kier alpha value is -2.67. The number of carbonyl (C=O) groups excluding carboxylic acids is 1. The van der Waals surface area contributed by atoms with Gasteiger partial charge in [0.25, 0.3) is 11.5 Å². The minimum absolute atomic E-state index is 0.110. The molecule has 4 rings (SSSR count). The fourth-order valence-electron chi connectivity index (χ4n) is 4.17. The molecule has 7 heteroatoms. The van der Waals surface area contributed by atoms with Gasteiger partial charge in [-0.25, -0.2) is 4.98 Å². The molecule has 1 saturated heterocycles. The van der Waals surface area contributed by atoms with Gasteiger partial charge in [-0.1, -0.05) is 6.07 Å². The number of rotatable bonds is 4. The molecular formula is C20H25N5O2. The van der Waals surface area contributed by atoms with E-state index in [9.17, 15) is 9.59 Å². The third-order valence-electron chi connectivity index (χ3n) is 5.64. The largest absolute Gasteiger partial charge is 0.369 e. The average molecular weight is 367 g/mol. The smallest absolute Gasteiger partial charge is 0.253 e. The van der Waals surface area contributed by atoms with Gasteiger partial charge in [0.1, 0.15) is 0 Å². The van der Waals surface area contributed by atoms with Crippen molar-refractivity contribution in [3.8, 4) is 0 Å². The van der Waals surface area contributed by atoms with E-state index in [0.717, 1.165) is 31.4 Å². The van der Waals surface area contributed by atoms with Crippen LogP contribution in [0.3, 0.4) is 0 Å². The molecule has 2 heterocycles. The van der Waals surface area contributed by atoms with Crippen LogP contribution in [0.15, 0.2) is 29.1 Å². The molecule has 0 unspecified atom stereocenters. The van der Waals surface area contributed by atoms with Gasteiger partial charge >= 0.3 is 0 Å². The van der Waals surface area contributed by atoms with Crippen LogP contribution < -0.4 is 11.3 Å². The molecule has 3 N–H and O–H groups in total. The van der Waals surface area contributed by atoms with E-state index in [2.05, 4.69) is 27.0 Å². The summed E-state index contributed by atoms with van der Waals surface area (Å²) in [4.78, 5) is 35.1. The van der Waals surface area contributed by atoms with Crippen molar-refractivity contribution in [2.45, 2.75) is 38.3 Å². The third kappa shape index (κ3) is 3.73. The van der Waals surface area contributed by atoms with Crippen molar-refractivity contribution in [1.29, 1.82) is 0 Å². The summed E-state index contributed by atoms with van der Waals surface area (Å²) >= 11 is 0. The molecule has 1 amide bonds. The second kappa shape index (κ2) is 7.15. The number of aryl methyl sites for hydroxylation is 2. The highest BCUT2D eigenvalue weighted by Crippen LogP contribution is 2.25. The standard InChI is InChI=1S/C20H25N5O2/c1-24(11-16-10-18(26)23-20(21)22-16)17-7-8-25(12-17)19(27)15-6-5-13-3-2-4-14(13)9-15/h5-6,9-10,17H,2-4,7-8,11-12H2,1H3,(H3,21,22,23,26)/t17-/m1/s1. The molecule has 2 aliphatic rings. The van der Waals surface area contributed by atoms with Crippen molar-refractivity contribution >= 4 is 11.9 Å². The molecule has 0 bridgehead atoms. The molecule has 1 fully saturated rings. The SMILES string of the molecule is CN(Cc1cc(=O)[nH]c(N)n1)[C@@H]1CCN(C(=O)c2ccc3c(c2)CCC3)C1. The molecule has 142 valence electrons. The first-order valence-corrected chi connectivity index (χ1v) is 9.46. The monoisotopic (exact) mass is 367 g/mol. The summed E-state index contributed by atoms with van der Waals surface area (Å²) in [6, 6.07) is 7.86. The Morgan fingerprint density at radius 1 is 1.33 bits per heavy atom. The van der Waals surface area contributed by atoms with Gasteiger partial charge in [-0.2, -0.15) is 0 Å². The van der Waals surface area contributed by atoms with Crippen LogP contribution in [0, 0.1) is 0 Å². The Labute approximate surface area is 158 Å². The highest BCUT2D eigenvalue weighted by molar-refractivity contribution is 5.94. The van der Waals surface area contributed by atoms with Gasteiger partial charge < -0.3 is 10.6 Å². The summed E-state index contributed by atoms with van der Waals surface area (Å²) in [5.74, 6) is 0.241. The highest BCUT2D eigenvalue weighted by atomic mass is 16.2. The van der Waals surface area contributed by atoms with Gasteiger partial charge in [0, 0.05) is 37.3 Å². The van der Waals surface area contributed by atoms with Gasteiger partial charge in [-0.3, -0.25) is 19.5 Å². The van der Waals surface area contributed by atoms with Crippen LogP contribution in [0.25, 0.3) is 0 Å². The van der Waals surface area contributed by atoms with Crippen molar-refractivity contribution in [1.82, 2.24) is 19.8 Å². The Morgan fingerprint density at radius 2 is 2.15 bits per heavy atom. The number of aromatic amines is 1. The number of nitrogens with zero attached hydrogens (tertiary/aromatic N) is 3. The molecular weight excluding hydrogens is 342 g/mol. The summed E-state index contributed by atoms with van der Waals surface area (Å²) < 4.78 is 0. The van der Waals surface area contributed by atoms with Crippen LogP contribution in [0.2, 0.25) is 0 Å². The number of fused-ring (bicyclic) bond motifs is 1. The summed E-state index contributed by atoms with van der Waals surface area (Å²) in [5, 5.41) is 0. The zero-order chi connectivity index (χ0) is 19.0. The first-order valence-electron chi connectivity index (χ1n) is 9.46. The number of aromatic nitrogens is 2. The molecule has 1 aromatic heterocycles. The second-order valence-corrected chi connectivity index (χ2v) is 7.57. The van der Waals surface area contributed by atoms with Gasteiger partial charge in [0.15, 0.2) is 0 Å². The van der Waals surface area contributed by atoms with Crippen molar-refractivity contribution in [3.05, 3.63) is 57.0 Å². The van der Waals surface area contributed by atoms with Gasteiger partial charge in [-0.15, -0.1) is 0 Å². The number of carbonyl (C=O) groups is 1. The van der Waals surface area contributed by atoms with Gasteiger partial charge in [0.2, 0.25) is 5.95 Å². The van der Waals surface area contributed by atoms with Crippen LogP contribution in [-0.4, -0.2) is 51.9 Å². The highest BCUT2D eigenvalue weighted by Gasteiger charge is 2.30. The summed E-state index contributed by atoms with van der Waals surface area (Å²) in [6.45, 7) is 1.96. The lowest BCUT2D eigenvalue weighted by molar-refractivity contribution is 0.0779. The van der Waals surface area contributed by atoms with E-state index in [1.165, 1.54) is 23.6 Å². The Balaban J connectivity index is 1.40. The number of benzene rings is 1. The predicted octanol–water partition coefficient (Wildman–Crippen LogP) is 1.19. The van der Waals surface area contributed by atoms with Crippen LogP contribution in [0.1, 0.15) is 40.0 Å². The van der Waals surface area contributed by atoms with Crippen molar-refractivity contribution in [2.75, 3.05) is 25.9 Å². The number of hydrogen-bond donors (Lipinski definition) is 2. The van der Waals surface area contributed by atoms with Crippen LogP contribution in [-0.2, 0) is 19.4 Å². The average Bonchev–Trinajstić information content (AvgIpc) is 3.29. The zero-order valence-corrected chi connectivity index (χ0v) is 15.6. The molecule has 0 radical (unpaired) electrons. The maximum absolute atomic E-state index is 12.9. The number of likely N-dealkylation sites (N-methyl/N-ethyl adjacent to an activating group) is 1. The fraction of sp³-hybridized carbons (Fsp3) is 0.450. The van der Waals surface area contributed by atoms with Crippen LogP contribution in [0.5, 0.6) is 0 Å². The number of H-pyrrole nitrogens is 1. The predicted molar refractivity (Wildman–Crippen MR) is 104 cm³/mol. The summed E-state index contributed by atoms with van der Waals surface area (Å²) in [5.41, 5.74) is 9.52. The normalized spacial score (nSPS) is 18.9.